The third kappa shape index (κ3) is 8.90. The molecule has 0 unspecified atom stereocenters. The highest BCUT2D eigenvalue weighted by Gasteiger charge is 2.14. The van der Waals surface area contributed by atoms with E-state index in [0.717, 1.165) is 5.56 Å². The first kappa shape index (κ1) is 20.7. The molecule has 0 spiro atoms. The van der Waals surface area contributed by atoms with Crippen molar-refractivity contribution in [1.82, 2.24) is 20.9 Å². The molecule has 8 heteroatoms. The quantitative estimate of drug-likeness (QED) is 0.362. The number of carbonyl (C=O) groups excluding carboxylic acids is 1. The average molecular weight is 351 g/mol. The Morgan fingerprint density at radius 3 is 2.68 bits per heavy atom. The molecule has 1 aromatic heterocycles. The summed E-state index contributed by atoms with van der Waals surface area (Å²) >= 11 is 0. The molecule has 140 valence electrons. The summed E-state index contributed by atoms with van der Waals surface area (Å²) in [5.41, 5.74) is 0.626. The van der Waals surface area contributed by atoms with Crippen LogP contribution in [0.4, 0.5) is 0 Å². The smallest absolute Gasteiger partial charge is 0.239 e. The summed E-state index contributed by atoms with van der Waals surface area (Å²) in [6.45, 7) is 7.34. The molecule has 0 aliphatic carbocycles. The number of carbonyl (C=O) groups is 1. The van der Waals surface area contributed by atoms with Crippen LogP contribution in [0.5, 0.6) is 5.88 Å². The fourth-order valence-electron chi connectivity index (χ4n) is 1.94. The van der Waals surface area contributed by atoms with Crippen LogP contribution in [0, 0.1) is 0 Å². The number of hydrogen-bond acceptors (Lipinski definition) is 5. The van der Waals surface area contributed by atoms with Gasteiger partial charge < -0.3 is 25.4 Å². The number of pyridine rings is 1. The van der Waals surface area contributed by atoms with E-state index in [1.165, 1.54) is 0 Å². The average Bonchev–Trinajstić information content (AvgIpc) is 2.55. The van der Waals surface area contributed by atoms with Crippen molar-refractivity contribution in [2.24, 2.45) is 4.99 Å². The molecule has 0 saturated heterocycles. The Bertz CT molecular complexity index is 570. The molecule has 0 aliphatic heterocycles. The van der Waals surface area contributed by atoms with Gasteiger partial charge in [0.05, 0.1) is 13.2 Å². The van der Waals surface area contributed by atoms with E-state index < -0.39 is 0 Å². The van der Waals surface area contributed by atoms with Crippen LogP contribution in [0.15, 0.2) is 23.3 Å². The molecule has 25 heavy (non-hydrogen) atoms. The number of nitrogens with zero attached hydrogens (tertiary/aromatic N) is 2. The molecule has 3 N–H and O–H groups in total. The zero-order valence-electron chi connectivity index (χ0n) is 15.7. The van der Waals surface area contributed by atoms with Gasteiger partial charge in [-0.2, -0.15) is 0 Å². The lowest BCUT2D eigenvalue weighted by Crippen LogP contribution is -2.48. The van der Waals surface area contributed by atoms with Gasteiger partial charge in [-0.3, -0.25) is 9.79 Å². The highest BCUT2D eigenvalue weighted by molar-refractivity contribution is 5.86. The molecule has 0 aromatic carbocycles. The van der Waals surface area contributed by atoms with Gasteiger partial charge in [-0.1, -0.05) is 6.07 Å². The second-order valence-electron chi connectivity index (χ2n) is 6.39. The molecular weight excluding hydrogens is 322 g/mol. The lowest BCUT2D eigenvalue weighted by atomic mass is 10.1. The second-order valence-corrected chi connectivity index (χ2v) is 6.39. The number of nitrogens with one attached hydrogen (secondary N) is 3. The number of rotatable bonds is 8. The predicted molar refractivity (Wildman–Crippen MR) is 97.7 cm³/mol. The lowest BCUT2D eigenvalue weighted by Gasteiger charge is -2.21. The van der Waals surface area contributed by atoms with Crippen molar-refractivity contribution in [3.8, 4) is 5.88 Å². The van der Waals surface area contributed by atoms with Gasteiger partial charge in [0.15, 0.2) is 5.96 Å². The molecule has 1 amide bonds. The molecule has 1 aromatic rings. The maximum absolute atomic E-state index is 11.9. The molecule has 0 saturated carbocycles. The Morgan fingerprint density at radius 1 is 1.28 bits per heavy atom. The summed E-state index contributed by atoms with van der Waals surface area (Å²) in [4.78, 5) is 20.2. The van der Waals surface area contributed by atoms with Gasteiger partial charge in [0.25, 0.3) is 0 Å². The number of amides is 1. The van der Waals surface area contributed by atoms with E-state index >= 15 is 0 Å². The Labute approximate surface area is 149 Å². The Morgan fingerprint density at radius 2 is 2.04 bits per heavy atom. The number of ether oxygens (including phenoxy) is 2. The summed E-state index contributed by atoms with van der Waals surface area (Å²) in [5, 5.41) is 9.01. The summed E-state index contributed by atoms with van der Waals surface area (Å²) in [7, 11) is 3.27. The fraction of sp³-hybridized carbons (Fsp3) is 0.588. The van der Waals surface area contributed by atoms with Crippen molar-refractivity contribution in [1.29, 1.82) is 0 Å². The van der Waals surface area contributed by atoms with Crippen LogP contribution in [-0.4, -0.2) is 56.3 Å². The van der Waals surface area contributed by atoms with Crippen LogP contribution in [0.1, 0.15) is 26.3 Å². The highest BCUT2D eigenvalue weighted by atomic mass is 16.5. The Hall–Kier alpha value is -2.35. The predicted octanol–water partition coefficient (Wildman–Crippen LogP) is 0.687. The second kappa shape index (κ2) is 10.5. The van der Waals surface area contributed by atoms with Crippen molar-refractivity contribution < 1.29 is 14.3 Å². The molecule has 0 atom stereocenters. The molecule has 1 rings (SSSR count). The minimum absolute atomic E-state index is 0.0968. The summed E-state index contributed by atoms with van der Waals surface area (Å²) in [6, 6.07) is 3.76. The molecule has 1 heterocycles. The first-order chi connectivity index (χ1) is 11.9. The third-order valence-electron chi connectivity index (χ3n) is 2.98. The normalized spacial score (nSPS) is 11.8. The van der Waals surface area contributed by atoms with Crippen LogP contribution in [0.25, 0.3) is 0 Å². The number of methoxy groups -OCH3 is 1. The van der Waals surface area contributed by atoms with Crippen LogP contribution < -0.4 is 20.7 Å². The Balaban J connectivity index is 2.51. The largest absolute Gasteiger partial charge is 0.475 e. The van der Waals surface area contributed by atoms with Gasteiger partial charge in [0, 0.05) is 38.0 Å². The molecule has 0 fully saturated rings. The van der Waals surface area contributed by atoms with Crippen molar-refractivity contribution in [3.63, 3.8) is 0 Å². The minimum Gasteiger partial charge on any atom is -0.475 e. The summed E-state index contributed by atoms with van der Waals surface area (Å²) < 4.78 is 10.6. The molecule has 0 radical (unpaired) electrons. The first-order valence-electron chi connectivity index (χ1n) is 8.17. The maximum atomic E-state index is 11.9. The number of guanidine groups is 1. The fourth-order valence-corrected chi connectivity index (χ4v) is 1.94. The van der Waals surface area contributed by atoms with Gasteiger partial charge in [0.2, 0.25) is 11.8 Å². The molecular formula is C17H29N5O3. The van der Waals surface area contributed by atoms with Crippen molar-refractivity contribution >= 4 is 11.9 Å². The maximum Gasteiger partial charge on any atom is 0.239 e. The minimum atomic E-state index is -0.264. The van der Waals surface area contributed by atoms with E-state index in [9.17, 15) is 4.79 Å². The van der Waals surface area contributed by atoms with Crippen LogP contribution >= 0.6 is 0 Å². The van der Waals surface area contributed by atoms with Crippen molar-refractivity contribution in [3.05, 3.63) is 23.9 Å². The van der Waals surface area contributed by atoms with Crippen molar-refractivity contribution in [2.45, 2.75) is 32.9 Å². The van der Waals surface area contributed by atoms with Crippen LogP contribution in [-0.2, 0) is 16.1 Å². The van der Waals surface area contributed by atoms with E-state index in [0.29, 0.717) is 31.6 Å². The topological polar surface area (TPSA) is 96.9 Å². The standard InChI is InChI=1S/C17H29N5O3/c1-17(2,3)22-14(23)12-21-16(18-4)20-11-13-7-6-8-19-15(13)25-10-9-24-5/h6-8H,9-12H2,1-5H3,(H,22,23)(H2,18,20,21). The van der Waals surface area contributed by atoms with Crippen LogP contribution in [0.2, 0.25) is 0 Å². The lowest BCUT2D eigenvalue weighted by molar-refractivity contribution is -0.121. The molecule has 0 aliphatic rings. The zero-order valence-corrected chi connectivity index (χ0v) is 15.7. The number of aliphatic imine (C=N–C) groups is 1. The van der Waals surface area contributed by atoms with Gasteiger partial charge >= 0.3 is 0 Å². The number of hydrogen-bond donors (Lipinski definition) is 3. The summed E-state index contributed by atoms with van der Waals surface area (Å²) in [6.07, 6.45) is 1.68. The first-order valence-corrected chi connectivity index (χ1v) is 8.17. The number of aromatic nitrogens is 1. The van der Waals surface area contributed by atoms with E-state index in [-0.39, 0.29) is 18.0 Å². The van der Waals surface area contributed by atoms with Gasteiger partial charge in [-0.15, -0.1) is 0 Å². The Kier molecular flexibility index (Phi) is 8.69. The molecule has 8 nitrogen and oxygen atoms in total. The van der Waals surface area contributed by atoms with Gasteiger partial charge in [-0.05, 0) is 26.8 Å². The SMILES string of the molecule is CN=C(NCC(=O)NC(C)(C)C)NCc1cccnc1OCCOC. The van der Waals surface area contributed by atoms with E-state index in [1.807, 2.05) is 32.9 Å². The van der Waals surface area contributed by atoms with Crippen molar-refractivity contribution in [2.75, 3.05) is 33.9 Å². The monoisotopic (exact) mass is 351 g/mol. The third-order valence-corrected chi connectivity index (χ3v) is 2.98. The van der Waals surface area contributed by atoms with Crippen LogP contribution in [0.3, 0.4) is 0 Å². The van der Waals surface area contributed by atoms with E-state index in [4.69, 9.17) is 9.47 Å². The molecule has 0 bridgehead atoms. The van der Waals surface area contributed by atoms with Gasteiger partial charge in [0.1, 0.15) is 6.61 Å². The zero-order chi connectivity index (χ0) is 18.7. The van der Waals surface area contributed by atoms with E-state index in [1.54, 1.807) is 20.4 Å². The van der Waals surface area contributed by atoms with E-state index in [2.05, 4.69) is 25.9 Å². The highest BCUT2D eigenvalue weighted by Crippen LogP contribution is 2.13. The van der Waals surface area contributed by atoms with Gasteiger partial charge in [-0.25, -0.2) is 4.98 Å². The summed E-state index contributed by atoms with van der Waals surface area (Å²) in [5.74, 6) is 0.976.